The molecule has 0 amide bonds. The smallest absolute Gasteiger partial charge is 0.272 e. The molecular weight excluding hydrogens is 270 g/mol. The fourth-order valence-electron chi connectivity index (χ4n) is 2.24. The monoisotopic (exact) mass is 283 g/mol. The van der Waals surface area contributed by atoms with Crippen LogP contribution in [0.3, 0.4) is 0 Å². The summed E-state index contributed by atoms with van der Waals surface area (Å²) in [6, 6.07) is 11.9. The van der Waals surface area contributed by atoms with Crippen LogP contribution >= 0.6 is 0 Å². The molecule has 0 radical (unpaired) electrons. The predicted molar refractivity (Wildman–Crippen MR) is 80.6 cm³/mol. The van der Waals surface area contributed by atoms with Crippen molar-refractivity contribution in [1.29, 1.82) is 0 Å². The van der Waals surface area contributed by atoms with Gasteiger partial charge in [-0.05, 0) is 29.8 Å². The number of aromatic nitrogens is 2. The summed E-state index contributed by atoms with van der Waals surface area (Å²) in [5.74, 6) is 0.182. The first-order chi connectivity index (χ1) is 10.1. The van der Waals surface area contributed by atoms with Gasteiger partial charge in [0.2, 0.25) is 0 Å². The van der Waals surface area contributed by atoms with E-state index in [4.69, 9.17) is 0 Å². The van der Waals surface area contributed by atoms with Crippen LogP contribution in [0.1, 0.15) is 5.56 Å². The molecule has 6 heteroatoms. The van der Waals surface area contributed by atoms with Crippen molar-refractivity contribution in [1.82, 2.24) is 10.2 Å². The highest BCUT2D eigenvalue weighted by Crippen LogP contribution is 2.18. The maximum absolute atomic E-state index is 11.9. The minimum Gasteiger partial charge on any atom is -0.508 e. The molecule has 21 heavy (non-hydrogen) atoms. The third-order valence-corrected chi connectivity index (χ3v) is 3.22. The SMILES string of the molecule is O=c1[nH][nH]c(=O)c2c(NCc3cccc(O)c3)cccc12. The van der Waals surface area contributed by atoms with Gasteiger partial charge in [0.15, 0.2) is 0 Å². The summed E-state index contributed by atoms with van der Waals surface area (Å²) in [6.07, 6.45) is 0. The van der Waals surface area contributed by atoms with Crippen LogP contribution < -0.4 is 16.4 Å². The van der Waals surface area contributed by atoms with Gasteiger partial charge in [-0.3, -0.25) is 19.8 Å². The number of anilines is 1. The number of aromatic hydroxyl groups is 1. The highest BCUT2D eigenvalue weighted by molar-refractivity contribution is 5.92. The van der Waals surface area contributed by atoms with Crippen molar-refractivity contribution in [3.63, 3.8) is 0 Å². The Morgan fingerprint density at radius 3 is 2.57 bits per heavy atom. The molecule has 1 heterocycles. The predicted octanol–water partition coefficient (Wildman–Crippen LogP) is 1.53. The number of hydrogen-bond acceptors (Lipinski definition) is 4. The second-order valence-corrected chi connectivity index (χ2v) is 4.66. The number of rotatable bonds is 3. The summed E-state index contributed by atoms with van der Waals surface area (Å²) >= 11 is 0. The molecule has 0 aliphatic rings. The van der Waals surface area contributed by atoms with Crippen molar-refractivity contribution in [3.05, 3.63) is 68.7 Å². The maximum Gasteiger partial charge on any atom is 0.272 e. The summed E-state index contributed by atoms with van der Waals surface area (Å²) < 4.78 is 0. The van der Waals surface area contributed by atoms with E-state index < -0.39 is 0 Å². The quantitative estimate of drug-likeness (QED) is 0.586. The lowest BCUT2D eigenvalue weighted by molar-refractivity contribution is 0.474. The van der Waals surface area contributed by atoms with Crippen molar-refractivity contribution in [3.8, 4) is 5.75 Å². The molecule has 0 atom stereocenters. The maximum atomic E-state index is 11.9. The van der Waals surface area contributed by atoms with Crippen molar-refractivity contribution in [2.75, 3.05) is 5.32 Å². The third-order valence-electron chi connectivity index (χ3n) is 3.22. The first kappa shape index (κ1) is 13.0. The van der Waals surface area contributed by atoms with Crippen LogP contribution in [0.2, 0.25) is 0 Å². The van der Waals surface area contributed by atoms with Gasteiger partial charge in [-0.2, -0.15) is 0 Å². The van der Waals surface area contributed by atoms with Crippen LogP contribution in [0.15, 0.2) is 52.1 Å². The minimum absolute atomic E-state index is 0.182. The average molecular weight is 283 g/mol. The highest BCUT2D eigenvalue weighted by Gasteiger charge is 2.07. The molecule has 106 valence electrons. The van der Waals surface area contributed by atoms with Gasteiger partial charge in [-0.1, -0.05) is 18.2 Å². The van der Waals surface area contributed by atoms with E-state index in [2.05, 4.69) is 15.5 Å². The summed E-state index contributed by atoms with van der Waals surface area (Å²) in [4.78, 5) is 23.6. The lowest BCUT2D eigenvalue weighted by atomic mass is 10.1. The van der Waals surface area contributed by atoms with Crippen LogP contribution in [-0.2, 0) is 6.54 Å². The summed E-state index contributed by atoms with van der Waals surface area (Å²) in [6.45, 7) is 0.430. The second kappa shape index (κ2) is 5.16. The van der Waals surface area contributed by atoms with E-state index in [-0.39, 0.29) is 16.9 Å². The second-order valence-electron chi connectivity index (χ2n) is 4.66. The van der Waals surface area contributed by atoms with E-state index in [9.17, 15) is 14.7 Å². The molecule has 1 aromatic heterocycles. The van der Waals surface area contributed by atoms with Gasteiger partial charge in [-0.15, -0.1) is 0 Å². The van der Waals surface area contributed by atoms with E-state index in [1.807, 2.05) is 6.07 Å². The molecule has 6 nitrogen and oxygen atoms in total. The number of phenols is 1. The number of nitrogens with one attached hydrogen (secondary N) is 3. The number of H-pyrrole nitrogens is 2. The Bertz CT molecular complexity index is 912. The molecule has 3 rings (SSSR count). The van der Waals surface area contributed by atoms with Gasteiger partial charge in [0.05, 0.1) is 10.8 Å². The first-order valence-electron chi connectivity index (χ1n) is 6.40. The van der Waals surface area contributed by atoms with E-state index >= 15 is 0 Å². The largest absolute Gasteiger partial charge is 0.508 e. The Hall–Kier alpha value is -3.02. The Morgan fingerprint density at radius 2 is 1.76 bits per heavy atom. The summed E-state index contributed by atoms with van der Waals surface area (Å²) in [7, 11) is 0. The normalized spacial score (nSPS) is 10.7. The molecular formula is C15H13N3O3. The Morgan fingerprint density at radius 1 is 1.00 bits per heavy atom. The van der Waals surface area contributed by atoms with Crippen LogP contribution in [0, 0.1) is 0 Å². The number of hydrogen-bond donors (Lipinski definition) is 4. The van der Waals surface area contributed by atoms with Crippen LogP contribution in [0.4, 0.5) is 5.69 Å². The van der Waals surface area contributed by atoms with E-state index in [1.165, 1.54) is 0 Å². The fraction of sp³-hybridized carbons (Fsp3) is 0.0667. The molecule has 0 saturated heterocycles. The van der Waals surface area contributed by atoms with E-state index in [1.54, 1.807) is 36.4 Å². The molecule has 0 unspecified atom stereocenters. The summed E-state index contributed by atoms with van der Waals surface area (Å²) in [5.41, 5.74) is 0.741. The number of benzene rings is 2. The van der Waals surface area contributed by atoms with Gasteiger partial charge in [-0.25, -0.2) is 0 Å². The molecule has 0 saturated carbocycles. The van der Waals surface area contributed by atoms with Crippen molar-refractivity contribution in [2.45, 2.75) is 6.54 Å². The van der Waals surface area contributed by atoms with Crippen LogP contribution in [0.5, 0.6) is 5.75 Å². The zero-order valence-corrected chi connectivity index (χ0v) is 11.0. The van der Waals surface area contributed by atoms with Gasteiger partial charge in [0.1, 0.15) is 5.75 Å². The zero-order chi connectivity index (χ0) is 14.8. The lowest BCUT2D eigenvalue weighted by Gasteiger charge is -2.09. The van der Waals surface area contributed by atoms with Crippen molar-refractivity contribution >= 4 is 16.5 Å². The molecule has 0 spiro atoms. The van der Waals surface area contributed by atoms with Gasteiger partial charge >= 0.3 is 0 Å². The van der Waals surface area contributed by atoms with E-state index in [0.29, 0.717) is 23.0 Å². The van der Waals surface area contributed by atoms with E-state index in [0.717, 1.165) is 5.56 Å². The molecule has 4 N–H and O–H groups in total. The van der Waals surface area contributed by atoms with Crippen molar-refractivity contribution < 1.29 is 5.11 Å². The van der Waals surface area contributed by atoms with Crippen LogP contribution in [-0.4, -0.2) is 15.3 Å². The summed E-state index contributed by atoms with van der Waals surface area (Å²) in [5, 5.41) is 17.8. The molecule has 0 fully saturated rings. The number of fused-ring (bicyclic) bond motifs is 1. The van der Waals surface area contributed by atoms with Gasteiger partial charge in [0, 0.05) is 12.2 Å². The first-order valence-corrected chi connectivity index (χ1v) is 6.40. The highest BCUT2D eigenvalue weighted by atomic mass is 16.3. The average Bonchev–Trinajstić information content (AvgIpc) is 2.49. The molecule has 0 bridgehead atoms. The Balaban J connectivity index is 2.00. The topological polar surface area (TPSA) is 98.0 Å². The fourth-order valence-corrected chi connectivity index (χ4v) is 2.24. The number of phenolic OH excluding ortho intramolecular Hbond substituents is 1. The zero-order valence-electron chi connectivity index (χ0n) is 11.0. The van der Waals surface area contributed by atoms with Crippen molar-refractivity contribution in [2.24, 2.45) is 0 Å². The Kier molecular flexibility index (Phi) is 3.19. The standard InChI is InChI=1S/C15H13N3O3/c19-10-4-1-3-9(7-10)8-16-12-6-2-5-11-13(12)15(21)18-17-14(11)20/h1-7,16,19H,8H2,(H,17,20)(H,18,21). The lowest BCUT2D eigenvalue weighted by Crippen LogP contribution is -2.20. The molecule has 0 aliphatic carbocycles. The Labute approximate surface area is 119 Å². The minimum atomic E-state index is -0.358. The van der Waals surface area contributed by atoms with Gasteiger partial charge in [0.25, 0.3) is 11.1 Å². The van der Waals surface area contributed by atoms with Crippen LogP contribution in [0.25, 0.3) is 10.8 Å². The molecule has 0 aliphatic heterocycles. The molecule has 3 aromatic rings. The van der Waals surface area contributed by atoms with Gasteiger partial charge < -0.3 is 10.4 Å². The third kappa shape index (κ3) is 2.51. The number of aromatic amines is 2. The molecule has 2 aromatic carbocycles.